The number of nitrogens with zero attached hydrogens (tertiary/aromatic N) is 6. The minimum atomic E-state index is 0.141. The highest BCUT2D eigenvalue weighted by atomic mass is 15.3. The number of piperazine rings is 1. The fraction of sp³-hybridized carbons (Fsp3) is 0.370. The molecule has 4 N–H and O–H groups in total. The van der Waals surface area contributed by atoms with Crippen LogP contribution in [0.25, 0.3) is 5.70 Å². The van der Waals surface area contributed by atoms with Crippen molar-refractivity contribution in [3.8, 4) is 6.07 Å². The van der Waals surface area contributed by atoms with Crippen LogP contribution < -0.4 is 16.4 Å². The zero-order valence-electron chi connectivity index (χ0n) is 20.6. The van der Waals surface area contributed by atoms with Gasteiger partial charge < -0.3 is 26.2 Å². The Labute approximate surface area is 207 Å². The average Bonchev–Trinajstić information content (AvgIpc) is 3.30. The van der Waals surface area contributed by atoms with E-state index in [4.69, 9.17) is 16.5 Å². The van der Waals surface area contributed by atoms with Crippen LogP contribution in [-0.2, 0) is 0 Å². The Morgan fingerprint density at radius 2 is 2.00 bits per heavy atom. The van der Waals surface area contributed by atoms with Crippen molar-refractivity contribution < 1.29 is 0 Å². The topological polar surface area (TPSA) is 111 Å². The molecule has 0 saturated carbocycles. The van der Waals surface area contributed by atoms with Gasteiger partial charge in [0.05, 0.1) is 17.3 Å². The van der Waals surface area contributed by atoms with Crippen LogP contribution in [0.4, 0.5) is 11.5 Å². The van der Waals surface area contributed by atoms with Crippen molar-refractivity contribution >= 4 is 23.0 Å². The van der Waals surface area contributed by atoms with Gasteiger partial charge in [-0.3, -0.25) is 0 Å². The van der Waals surface area contributed by atoms with Crippen molar-refractivity contribution in [2.45, 2.75) is 38.8 Å². The highest BCUT2D eigenvalue weighted by molar-refractivity contribution is 5.99. The van der Waals surface area contributed by atoms with Crippen molar-refractivity contribution in [1.82, 2.24) is 14.8 Å². The molecule has 2 aliphatic rings. The number of nitrogens with two attached hydrogens (primary N) is 2. The van der Waals surface area contributed by atoms with Crippen LogP contribution in [-0.4, -0.2) is 58.9 Å². The summed E-state index contributed by atoms with van der Waals surface area (Å²) in [6.07, 6.45) is 5.97. The molecule has 1 unspecified atom stereocenters. The number of benzene rings is 1. The average molecular weight is 471 g/mol. The summed E-state index contributed by atoms with van der Waals surface area (Å²) in [6, 6.07) is 13.8. The lowest BCUT2D eigenvalue weighted by atomic mass is 10.1. The molecule has 35 heavy (non-hydrogen) atoms. The second kappa shape index (κ2) is 10.5. The van der Waals surface area contributed by atoms with Gasteiger partial charge in [0.15, 0.2) is 5.82 Å². The number of pyridine rings is 1. The molecule has 8 heteroatoms. The fourth-order valence-corrected chi connectivity index (χ4v) is 4.85. The van der Waals surface area contributed by atoms with E-state index in [0.717, 1.165) is 62.1 Å². The summed E-state index contributed by atoms with van der Waals surface area (Å²) in [5, 5.41) is 9.29. The Balaban J connectivity index is 1.64. The summed E-state index contributed by atoms with van der Waals surface area (Å²) in [6.45, 7) is 11.9. The van der Waals surface area contributed by atoms with E-state index >= 15 is 0 Å². The van der Waals surface area contributed by atoms with Gasteiger partial charge in [-0.05, 0) is 56.5 Å². The minimum Gasteiger partial charge on any atom is -0.398 e. The third-order valence-electron chi connectivity index (χ3n) is 6.78. The molecule has 2 saturated heterocycles. The van der Waals surface area contributed by atoms with E-state index in [-0.39, 0.29) is 6.04 Å². The summed E-state index contributed by atoms with van der Waals surface area (Å²) >= 11 is 0. The van der Waals surface area contributed by atoms with E-state index in [9.17, 15) is 5.26 Å². The van der Waals surface area contributed by atoms with E-state index < -0.39 is 0 Å². The minimum absolute atomic E-state index is 0.141. The van der Waals surface area contributed by atoms with E-state index in [1.807, 2.05) is 30.3 Å². The Morgan fingerprint density at radius 3 is 2.69 bits per heavy atom. The van der Waals surface area contributed by atoms with E-state index in [2.05, 4.69) is 46.2 Å². The SMILES string of the molecule is C=C(/N=C(\C=C(/N)c1cccc(C#N)c1)N1CCN(c2ncccc2N)C[C@H]1C)N1CCCC1C. The first-order valence-corrected chi connectivity index (χ1v) is 12.1. The first-order valence-electron chi connectivity index (χ1n) is 12.1. The number of nitrogen functional groups attached to an aromatic ring is 1. The van der Waals surface area contributed by atoms with E-state index in [1.165, 1.54) is 0 Å². The highest BCUT2D eigenvalue weighted by Crippen LogP contribution is 2.25. The predicted molar refractivity (Wildman–Crippen MR) is 142 cm³/mol. The highest BCUT2D eigenvalue weighted by Gasteiger charge is 2.28. The molecule has 3 heterocycles. The number of aromatic nitrogens is 1. The zero-order chi connectivity index (χ0) is 24.9. The van der Waals surface area contributed by atoms with Gasteiger partial charge in [-0.25, -0.2) is 9.98 Å². The molecule has 0 amide bonds. The van der Waals surface area contributed by atoms with E-state index in [1.54, 1.807) is 18.3 Å². The Morgan fingerprint density at radius 1 is 1.17 bits per heavy atom. The third kappa shape index (κ3) is 5.40. The molecule has 1 aromatic heterocycles. The molecule has 8 nitrogen and oxygen atoms in total. The second-order valence-corrected chi connectivity index (χ2v) is 9.27. The lowest BCUT2D eigenvalue weighted by molar-refractivity contribution is 0.294. The molecule has 182 valence electrons. The molecule has 0 aliphatic carbocycles. The van der Waals surface area contributed by atoms with Gasteiger partial charge >= 0.3 is 0 Å². The monoisotopic (exact) mass is 470 g/mol. The number of rotatable bonds is 5. The maximum atomic E-state index is 9.29. The summed E-state index contributed by atoms with van der Waals surface area (Å²) in [5.74, 6) is 2.34. The van der Waals surface area contributed by atoms with E-state index in [0.29, 0.717) is 23.0 Å². The molecule has 0 spiro atoms. The second-order valence-electron chi connectivity index (χ2n) is 9.27. The Hall–Kier alpha value is -3.99. The number of anilines is 2. The molecule has 2 atom stereocenters. The Kier molecular flexibility index (Phi) is 7.25. The number of aliphatic imine (C=N–C) groups is 1. The third-order valence-corrected chi connectivity index (χ3v) is 6.78. The molecular weight excluding hydrogens is 436 g/mol. The smallest absolute Gasteiger partial charge is 0.151 e. The maximum Gasteiger partial charge on any atom is 0.151 e. The molecular formula is C27H34N8. The van der Waals surface area contributed by atoms with Crippen molar-refractivity contribution in [2.75, 3.05) is 36.8 Å². The van der Waals surface area contributed by atoms with Gasteiger partial charge in [0, 0.05) is 56.2 Å². The lowest BCUT2D eigenvalue weighted by Gasteiger charge is -2.42. The Bertz CT molecular complexity index is 1180. The number of nitriles is 1. The van der Waals surface area contributed by atoms with Gasteiger partial charge in [0.25, 0.3) is 0 Å². The van der Waals surface area contributed by atoms with Crippen molar-refractivity contribution in [3.63, 3.8) is 0 Å². The standard InChI is InChI=1S/C27H34N8/c1-19-7-6-12-34(19)21(3)32-26(16-25(30)23-9-4-8-22(15-23)17-28)35-14-13-33(18-20(35)2)27-24(29)10-5-11-31-27/h4-5,8-11,15-16,19-20H,3,6-7,12-14,18,29-30H2,1-2H3/b25-16-,32-26+/t19?,20-/m1/s1. The first-order chi connectivity index (χ1) is 16.9. The molecule has 4 rings (SSSR count). The molecule has 2 aromatic rings. The maximum absolute atomic E-state index is 9.29. The number of hydrogen-bond donors (Lipinski definition) is 2. The summed E-state index contributed by atoms with van der Waals surface area (Å²) in [4.78, 5) is 16.2. The quantitative estimate of drug-likeness (QED) is 0.509. The molecule has 1 aromatic carbocycles. The molecule has 0 radical (unpaired) electrons. The lowest BCUT2D eigenvalue weighted by Crippen LogP contribution is -2.54. The van der Waals surface area contributed by atoms with Crippen molar-refractivity contribution in [2.24, 2.45) is 10.7 Å². The molecule has 2 fully saturated rings. The summed E-state index contributed by atoms with van der Waals surface area (Å²) < 4.78 is 0. The van der Waals surface area contributed by atoms with Gasteiger partial charge in [-0.15, -0.1) is 0 Å². The van der Waals surface area contributed by atoms with Crippen LogP contribution >= 0.6 is 0 Å². The van der Waals surface area contributed by atoms with Crippen LogP contribution in [0, 0.1) is 11.3 Å². The number of amidine groups is 1. The number of likely N-dealkylation sites (tertiary alicyclic amines) is 1. The largest absolute Gasteiger partial charge is 0.398 e. The van der Waals surface area contributed by atoms with Gasteiger partial charge in [-0.2, -0.15) is 5.26 Å². The van der Waals surface area contributed by atoms with Crippen LogP contribution in [0.1, 0.15) is 37.8 Å². The number of hydrogen-bond acceptors (Lipinski definition) is 7. The zero-order valence-corrected chi connectivity index (χ0v) is 20.6. The molecule has 0 bridgehead atoms. The van der Waals surface area contributed by atoms with Crippen LogP contribution in [0.2, 0.25) is 0 Å². The normalized spacial score (nSPS) is 21.2. The van der Waals surface area contributed by atoms with Gasteiger partial charge in [-0.1, -0.05) is 18.7 Å². The summed E-state index contributed by atoms with van der Waals surface area (Å²) in [7, 11) is 0. The van der Waals surface area contributed by atoms with Crippen LogP contribution in [0.15, 0.2) is 66.1 Å². The van der Waals surface area contributed by atoms with Crippen LogP contribution in [0.3, 0.4) is 0 Å². The van der Waals surface area contributed by atoms with Crippen molar-refractivity contribution in [1.29, 1.82) is 5.26 Å². The fourth-order valence-electron chi connectivity index (χ4n) is 4.85. The molecule has 2 aliphatic heterocycles. The van der Waals surface area contributed by atoms with Crippen LogP contribution in [0.5, 0.6) is 0 Å². The summed E-state index contributed by atoms with van der Waals surface area (Å²) in [5.41, 5.74) is 15.3. The van der Waals surface area contributed by atoms with Gasteiger partial charge in [0.2, 0.25) is 0 Å². The first kappa shape index (κ1) is 24.1. The predicted octanol–water partition coefficient (Wildman–Crippen LogP) is 3.40. The van der Waals surface area contributed by atoms with Gasteiger partial charge in [0.1, 0.15) is 11.7 Å². The van der Waals surface area contributed by atoms with Crippen molar-refractivity contribution in [3.05, 3.63) is 72.2 Å².